The summed E-state index contributed by atoms with van der Waals surface area (Å²) in [5.74, 6) is -0.386. The van der Waals surface area contributed by atoms with Crippen molar-refractivity contribution in [1.29, 1.82) is 0 Å². The summed E-state index contributed by atoms with van der Waals surface area (Å²) in [5.41, 5.74) is 3.82. The first-order valence-electron chi connectivity index (χ1n) is 5.80. The molecule has 0 aliphatic heterocycles. The molecule has 0 heterocycles. The summed E-state index contributed by atoms with van der Waals surface area (Å²) >= 11 is 0. The van der Waals surface area contributed by atoms with Gasteiger partial charge in [0.2, 0.25) is 0 Å². The molecule has 1 aliphatic rings. The third kappa shape index (κ3) is 3.09. The average Bonchev–Trinajstić information content (AvgIpc) is 2.63. The van der Waals surface area contributed by atoms with Gasteiger partial charge in [-0.15, -0.1) is 24.8 Å². The van der Waals surface area contributed by atoms with Gasteiger partial charge in [0.15, 0.2) is 0 Å². The molecule has 0 spiro atoms. The van der Waals surface area contributed by atoms with Crippen LogP contribution in [-0.4, -0.2) is 9.52 Å². The Kier molecular flexibility index (Phi) is 7.83. The second-order valence-corrected chi connectivity index (χ2v) is 6.03. The van der Waals surface area contributed by atoms with Gasteiger partial charge in [-0.1, -0.05) is 24.7 Å². The Balaban J connectivity index is 0.00000120. The zero-order valence-corrected chi connectivity index (χ0v) is 16.3. The molecule has 1 aliphatic carbocycles. The van der Waals surface area contributed by atoms with Crippen molar-refractivity contribution in [2.75, 3.05) is 0 Å². The van der Waals surface area contributed by atoms with Crippen LogP contribution in [0.5, 0.6) is 0 Å². The zero-order chi connectivity index (χ0) is 12.0. The summed E-state index contributed by atoms with van der Waals surface area (Å²) in [6.45, 7) is 2.14. The molecule has 20 heavy (non-hydrogen) atoms. The average molecular weight is 410 g/mol. The Bertz CT molecular complexity index is 608. The monoisotopic (exact) mass is 408 g/mol. The second-order valence-electron chi connectivity index (χ2n) is 4.39. The normalized spacial score (nSPS) is 14.8. The molecule has 0 radical (unpaired) electrons. The molecule has 3 rings (SSSR count). The second kappa shape index (κ2) is 7.84. The first kappa shape index (κ1) is 20.0. The van der Waals surface area contributed by atoms with Gasteiger partial charge in [0, 0.05) is 41.3 Å². The minimum atomic E-state index is -0.471. The molecular weight excluding hydrogens is 396 g/mol. The summed E-state index contributed by atoms with van der Waals surface area (Å²) in [5, 5.41) is 0. The summed E-state index contributed by atoms with van der Waals surface area (Å²) in [6, 6.07) is 9.94. The molecule has 1 unspecified atom stereocenters. The van der Waals surface area contributed by atoms with Crippen molar-refractivity contribution < 1.29 is 35.0 Å². The summed E-state index contributed by atoms with van der Waals surface area (Å²) in [7, 11) is -0.471. The maximum absolute atomic E-state index is 13.9. The fourth-order valence-corrected chi connectivity index (χ4v) is 4.37. The Morgan fingerprint density at radius 1 is 1.00 bits per heavy atom. The first-order valence-corrected chi connectivity index (χ1v) is 8.03. The van der Waals surface area contributed by atoms with E-state index in [2.05, 4.69) is 6.55 Å². The van der Waals surface area contributed by atoms with E-state index in [4.69, 9.17) is 0 Å². The van der Waals surface area contributed by atoms with Crippen LogP contribution in [0.2, 0.25) is 6.55 Å². The molecule has 2 aromatic carbocycles. The third-order valence-corrected chi connectivity index (χ3v) is 5.15. The van der Waals surface area contributed by atoms with Gasteiger partial charge in [-0.3, -0.25) is 0 Å². The smallest absolute Gasteiger partial charge is 0.127 e. The molecule has 0 saturated heterocycles. The predicted octanol–water partition coefficient (Wildman–Crippen LogP) is 4.09. The molecule has 0 saturated carbocycles. The van der Waals surface area contributed by atoms with Gasteiger partial charge in [0.05, 0.1) is 0 Å². The molecule has 106 valence electrons. The largest absolute Gasteiger partial charge is 0.207 e. The van der Waals surface area contributed by atoms with Crippen molar-refractivity contribution in [2.24, 2.45) is 0 Å². The van der Waals surface area contributed by atoms with E-state index in [1.54, 1.807) is 18.2 Å². The van der Waals surface area contributed by atoms with Gasteiger partial charge in [0.25, 0.3) is 0 Å². The fourth-order valence-electron chi connectivity index (χ4n) is 2.77. The number of hydrogen-bond donors (Lipinski definition) is 0. The van der Waals surface area contributed by atoms with Crippen LogP contribution in [0, 0.1) is 11.6 Å². The van der Waals surface area contributed by atoms with Crippen molar-refractivity contribution in [3.63, 3.8) is 0 Å². The van der Waals surface area contributed by atoms with E-state index < -0.39 is 9.52 Å². The Labute approximate surface area is 151 Å². The quantitative estimate of drug-likeness (QED) is 0.622. The first-order chi connectivity index (χ1) is 8.22. The van der Waals surface area contributed by atoms with E-state index in [-0.39, 0.29) is 68.2 Å². The number of fused-ring (bicyclic) bond motifs is 3. The van der Waals surface area contributed by atoms with Crippen LogP contribution in [0.1, 0.15) is 16.7 Å². The number of hydrogen-bond acceptors (Lipinski definition) is 0. The standard InChI is InChI=1S/C14H12F2Si.2ClH.Zr/c1-17-14-11-7-8(15)5-6-9(11)10-3-2-4-12(16)13(10)14;;;/h2-7,14H,17H2,1H3;2*1H;. The van der Waals surface area contributed by atoms with Crippen LogP contribution in [0.15, 0.2) is 36.4 Å². The van der Waals surface area contributed by atoms with E-state index in [9.17, 15) is 8.78 Å². The zero-order valence-electron chi connectivity index (χ0n) is 10.8. The molecule has 2 aromatic rings. The van der Waals surface area contributed by atoms with E-state index in [0.29, 0.717) is 0 Å². The molecule has 6 heteroatoms. The molecule has 0 fully saturated rings. The number of halogens is 4. The van der Waals surface area contributed by atoms with Gasteiger partial charge < -0.3 is 0 Å². The molecule has 1 atom stereocenters. The summed E-state index contributed by atoms with van der Waals surface area (Å²) in [4.78, 5) is 0. The minimum Gasteiger partial charge on any atom is -0.207 e. The van der Waals surface area contributed by atoms with Crippen molar-refractivity contribution >= 4 is 34.3 Å². The molecular formula is C14H14Cl2F2SiZr. The third-order valence-electron chi connectivity index (χ3n) is 3.49. The molecule has 0 aromatic heterocycles. The Hall–Kier alpha value is -0.0200. The van der Waals surface area contributed by atoms with Crippen LogP contribution < -0.4 is 0 Å². The van der Waals surface area contributed by atoms with E-state index in [1.165, 1.54) is 12.1 Å². The number of rotatable bonds is 1. The minimum absolute atomic E-state index is 0. The van der Waals surface area contributed by atoms with Crippen molar-refractivity contribution in [2.45, 2.75) is 12.1 Å². The Morgan fingerprint density at radius 2 is 1.70 bits per heavy atom. The van der Waals surface area contributed by atoms with Gasteiger partial charge in [-0.25, -0.2) is 8.78 Å². The molecule has 0 amide bonds. The fraction of sp³-hybridized carbons (Fsp3) is 0.143. The van der Waals surface area contributed by atoms with Crippen LogP contribution in [0.3, 0.4) is 0 Å². The van der Waals surface area contributed by atoms with Crippen LogP contribution in [0.4, 0.5) is 8.78 Å². The van der Waals surface area contributed by atoms with E-state index in [1.807, 2.05) is 6.07 Å². The Morgan fingerprint density at radius 3 is 2.35 bits per heavy atom. The molecule has 0 N–H and O–H groups in total. The topological polar surface area (TPSA) is 0 Å². The van der Waals surface area contributed by atoms with Crippen molar-refractivity contribution in [3.8, 4) is 11.1 Å². The van der Waals surface area contributed by atoms with Crippen molar-refractivity contribution in [1.82, 2.24) is 0 Å². The van der Waals surface area contributed by atoms with E-state index >= 15 is 0 Å². The maximum atomic E-state index is 13.9. The number of benzene rings is 2. The van der Waals surface area contributed by atoms with Gasteiger partial charge >= 0.3 is 0 Å². The van der Waals surface area contributed by atoms with E-state index in [0.717, 1.165) is 22.3 Å². The van der Waals surface area contributed by atoms with Gasteiger partial charge in [0.1, 0.15) is 11.6 Å². The molecule has 0 nitrogen and oxygen atoms in total. The van der Waals surface area contributed by atoms with Crippen LogP contribution >= 0.6 is 24.8 Å². The summed E-state index contributed by atoms with van der Waals surface area (Å²) < 4.78 is 27.2. The molecule has 0 bridgehead atoms. The van der Waals surface area contributed by atoms with Crippen LogP contribution in [0.25, 0.3) is 11.1 Å². The SMILES string of the molecule is C[SiH2]C1c2cc(F)ccc2-c2cccc(F)c21.Cl.Cl.[Zr]. The maximum Gasteiger partial charge on any atom is 0.127 e. The van der Waals surface area contributed by atoms with Gasteiger partial charge in [-0.2, -0.15) is 0 Å². The van der Waals surface area contributed by atoms with Gasteiger partial charge in [-0.05, 0) is 40.5 Å². The van der Waals surface area contributed by atoms with Crippen LogP contribution in [-0.2, 0) is 26.2 Å². The summed E-state index contributed by atoms with van der Waals surface area (Å²) in [6.07, 6.45) is 0. The van der Waals surface area contributed by atoms with Crippen molar-refractivity contribution in [3.05, 3.63) is 59.2 Å². The predicted molar refractivity (Wildman–Crippen MR) is 82.5 cm³/mol.